The van der Waals surface area contributed by atoms with Gasteiger partial charge in [-0.3, -0.25) is 4.79 Å². The quantitative estimate of drug-likeness (QED) is 0.857. The monoisotopic (exact) mass is 346 g/mol. The van der Waals surface area contributed by atoms with Crippen LogP contribution in [-0.4, -0.2) is 38.7 Å². The number of fused-ring (bicyclic) bond motifs is 2. The fourth-order valence-electron chi connectivity index (χ4n) is 3.48. The van der Waals surface area contributed by atoms with Crippen LogP contribution in [0.4, 0.5) is 0 Å². The molecule has 0 aliphatic carbocycles. The predicted molar refractivity (Wildman–Crippen MR) is 90.9 cm³/mol. The molecule has 128 valence electrons. The second-order valence-corrected chi connectivity index (χ2v) is 7.67. The van der Waals surface area contributed by atoms with E-state index in [-0.39, 0.29) is 12.0 Å². The van der Waals surface area contributed by atoms with Crippen LogP contribution >= 0.6 is 11.3 Å². The first-order valence-electron chi connectivity index (χ1n) is 8.51. The molecule has 24 heavy (non-hydrogen) atoms. The molecule has 0 bridgehead atoms. The Bertz CT molecular complexity index is 752. The van der Waals surface area contributed by atoms with E-state index in [2.05, 4.69) is 40.1 Å². The van der Waals surface area contributed by atoms with Crippen LogP contribution in [0.1, 0.15) is 54.4 Å². The molecule has 6 nitrogen and oxygen atoms in total. The fraction of sp³-hybridized carbons (Fsp3) is 0.588. The highest BCUT2D eigenvalue weighted by molar-refractivity contribution is 7.10. The van der Waals surface area contributed by atoms with E-state index in [1.165, 1.54) is 10.4 Å². The van der Waals surface area contributed by atoms with Crippen molar-refractivity contribution in [2.24, 2.45) is 0 Å². The summed E-state index contributed by atoms with van der Waals surface area (Å²) in [7, 11) is 0. The van der Waals surface area contributed by atoms with Crippen LogP contribution in [0.15, 0.2) is 11.4 Å². The number of carbonyl (C=O) groups is 1. The first-order chi connectivity index (χ1) is 11.6. The molecule has 2 aromatic heterocycles. The molecule has 2 aliphatic heterocycles. The predicted octanol–water partition coefficient (Wildman–Crippen LogP) is 2.51. The van der Waals surface area contributed by atoms with Crippen molar-refractivity contribution < 1.29 is 9.53 Å². The molecule has 4 heterocycles. The Kier molecular flexibility index (Phi) is 4.14. The van der Waals surface area contributed by atoms with Crippen LogP contribution in [0.5, 0.6) is 0 Å². The lowest BCUT2D eigenvalue weighted by Gasteiger charge is -2.30. The zero-order valence-corrected chi connectivity index (χ0v) is 14.9. The van der Waals surface area contributed by atoms with E-state index in [4.69, 9.17) is 4.74 Å². The minimum absolute atomic E-state index is 0.0905. The van der Waals surface area contributed by atoms with Crippen LogP contribution < -0.4 is 0 Å². The largest absolute Gasteiger partial charge is 0.372 e. The standard InChI is InChI=1S/C17H22N4O2S/c1-11(2)17-19-18-14-10-20(5-6-21(14)17)15(22)9-13-16-12(3-7-23-13)4-8-24-16/h4,8,11,13H,3,5-7,9-10H2,1-2H3. The van der Waals surface area contributed by atoms with Crippen molar-refractivity contribution in [1.82, 2.24) is 19.7 Å². The Balaban J connectivity index is 1.45. The number of nitrogens with zero attached hydrogens (tertiary/aromatic N) is 4. The van der Waals surface area contributed by atoms with Crippen LogP contribution in [0, 0.1) is 0 Å². The minimum atomic E-state index is -0.0905. The maximum atomic E-state index is 12.7. The van der Waals surface area contributed by atoms with Gasteiger partial charge in [0, 0.05) is 23.9 Å². The van der Waals surface area contributed by atoms with Crippen LogP contribution in [0.3, 0.4) is 0 Å². The molecular formula is C17H22N4O2S. The number of ether oxygens (including phenoxy) is 1. The Morgan fingerprint density at radius 3 is 3.12 bits per heavy atom. The lowest BCUT2D eigenvalue weighted by Crippen LogP contribution is -2.39. The molecule has 0 radical (unpaired) electrons. The summed E-state index contributed by atoms with van der Waals surface area (Å²) in [6.07, 6.45) is 1.28. The summed E-state index contributed by atoms with van der Waals surface area (Å²) in [4.78, 5) is 15.8. The fourth-order valence-corrected chi connectivity index (χ4v) is 4.49. The smallest absolute Gasteiger partial charge is 0.226 e. The van der Waals surface area contributed by atoms with Crippen molar-refractivity contribution in [2.45, 2.75) is 51.8 Å². The van der Waals surface area contributed by atoms with Gasteiger partial charge in [0.25, 0.3) is 0 Å². The molecule has 2 aromatic rings. The van der Waals surface area contributed by atoms with Gasteiger partial charge >= 0.3 is 0 Å². The summed E-state index contributed by atoms with van der Waals surface area (Å²) in [6.45, 7) is 6.98. The molecule has 2 aliphatic rings. The lowest BCUT2D eigenvalue weighted by molar-refractivity contribution is -0.136. The van der Waals surface area contributed by atoms with Crippen LogP contribution in [0.25, 0.3) is 0 Å². The Hall–Kier alpha value is -1.73. The van der Waals surface area contributed by atoms with E-state index in [0.29, 0.717) is 32.0 Å². The second kappa shape index (κ2) is 6.29. The number of carbonyl (C=O) groups excluding carboxylic acids is 1. The van der Waals surface area contributed by atoms with Gasteiger partial charge in [-0.1, -0.05) is 13.8 Å². The van der Waals surface area contributed by atoms with Gasteiger partial charge in [-0.15, -0.1) is 21.5 Å². The van der Waals surface area contributed by atoms with Crippen LogP contribution in [-0.2, 0) is 29.0 Å². The first kappa shape index (κ1) is 15.8. The number of amides is 1. The van der Waals surface area contributed by atoms with E-state index in [9.17, 15) is 4.79 Å². The van der Waals surface area contributed by atoms with Crippen molar-refractivity contribution in [2.75, 3.05) is 13.2 Å². The highest BCUT2D eigenvalue weighted by Crippen LogP contribution is 2.34. The highest BCUT2D eigenvalue weighted by Gasteiger charge is 2.30. The normalized spacial score (nSPS) is 20.1. The number of thiophene rings is 1. The molecule has 0 N–H and O–H groups in total. The summed E-state index contributed by atoms with van der Waals surface area (Å²) in [5.74, 6) is 2.39. The van der Waals surface area contributed by atoms with Gasteiger partial charge in [-0.05, 0) is 23.4 Å². The van der Waals surface area contributed by atoms with Crippen molar-refractivity contribution in [1.29, 1.82) is 0 Å². The van der Waals surface area contributed by atoms with Crippen molar-refractivity contribution in [3.63, 3.8) is 0 Å². The molecular weight excluding hydrogens is 324 g/mol. The average molecular weight is 346 g/mol. The van der Waals surface area contributed by atoms with Gasteiger partial charge in [-0.25, -0.2) is 0 Å². The number of hydrogen-bond acceptors (Lipinski definition) is 5. The van der Waals surface area contributed by atoms with Crippen molar-refractivity contribution in [3.8, 4) is 0 Å². The van der Waals surface area contributed by atoms with Gasteiger partial charge in [0.2, 0.25) is 5.91 Å². The number of rotatable bonds is 3. The van der Waals surface area contributed by atoms with Gasteiger partial charge in [0.15, 0.2) is 5.82 Å². The van der Waals surface area contributed by atoms with E-state index < -0.39 is 0 Å². The topological polar surface area (TPSA) is 60.2 Å². The SMILES string of the molecule is CC(C)c1nnc2n1CCN(C(=O)CC1OCCc3ccsc31)C2. The van der Waals surface area contributed by atoms with Gasteiger partial charge in [-0.2, -0.15) is 0 Å². The average Bonchev–Trinajstić information content (AvgIpc) is 3.21. The third-order valence-corrected chi connectivity index (χ3v) is 5.83. The zero-order valence-electron chi connectivity index (χ0n) is 14.1. The molecule has 1 unspecified atom stereocenters. The lowest BCUT2D eigenvalue weighted by atomic mass is 10.0. The van der Waals surface area contributed by atoms with E-state index >= 15 is 0 Å². The molecule has 0 saturated carbocycles. The van der Waals surface area contributed by atoms with Crippen molar-refractivity contribution >= 4 is 17.2 Å². The van der Waals surface area contributed by atoms with E-state index in [1.54, 1.807) is 11.3 Å². The summed E-state index contributed by atoms with van der Waals surface area (Å²) in [6, 6.07) is 2.15. The maximum absolute atomic E-state index is 12.7. The molecule has 4 rings (SSSR count). The molecule has 1 amide bonds. The Morgan fingerprint density at radius 2 is 2.29 bits per heavy atom. The molecule has 0 saturated heterocycles. The first-order valence-corrected chi connectivity index (χ1v) is 9.39. The van der Waals surface area contributed by atoms with Crippen LogP contribution in [0.2, 0.25) is 0 Å². The summed E-state index contributed by atoms with van der Waals surface area (Å²) >= 11 is 1.70. The van der Waals surface area contributed by atoms with E-state index in [1.807, 2.05) is 4.90 Å². The number of hydrogen-bond donors (Lipinski definition) is 0. The third kappa shape index (κ3) is 2.75. The second-order valence-electron chi connectivity index (χ2n) is 6.72. The minimum Gasteiger partial charge on any atom is -0.372 e. The summed E-state index contributed by atoms with van der Waals surface area (Å²) < 4.78 is 8.01. The number of aromatic nitrogens is 3. The van der Waals surface area contributed by atoms with Crippen molar-refractivity contribution in [3.05, 3.63) is 33.5 Å². The molecule has 1 atom stereocenters. The zero-order chi connectivity index (χ0) is 16.7. The summed E-state index contributed by atoms with van der Waals surface area (Å²) in [5.41, 5.74) is 1.34. The summed E-state index contributed by atoms with van der Waals surface area (Å²) in [5, 5.41) is 10.6. The third-order valence-electron chi connectivity index (χ3n) is 4.77. The van der Waals surface area contributed by atoms with Gasteiger partial charge in [0.1, 0.15) is 11.9 Å². The van der Waals surface area contributed by atoms with E-state index in [0.717, 1.165) is 24.6 Å². The molecule has 0 fully saturated rings. The molecule has 0 aromatic carbocycles. The van der Waals surface area contributed by atoms with Gasteiger partial charge in [0.05, 0.1) is 19.6 Å². The highest BCUT2D eigenvalue weighted by atomic mass is 32.1. The maximum Gasteiger partial charge on any atom is 0.226 e. The Labute approximate surface area is 145 Å². The van der Waals surface area contributed by atoms with Gasteiger partial charge < -0.3 is 14.2 Å². The molecule has 0 spiro atoms. The molecule has 7 heteroatoms. The Morgan fingerprint density at radius 1 is 1.42 bits per heavy atom.